The van der Waals surface area contributed by atoms with E-state index in [-0.39, 0.29) is 22.1 Å². The summed E-state index contributed by atoms with van der Waals surface area (Å²) in [5, 5.41) is 23.4. The monoisotopic (exact) mass is 566 g/mol. The van der Waals surface area contributed by atoms with Gasteiger partial charge < -0.3 is 5.43 Å². The fourth-order valence-electron chi connectivity index (χ4n) is 3.82. The van der Waals surface area contributed by atoms with Gasteiger partial charge in [-0.1, -0.05) is 24.3 Å². The molecule has 2 aliphatic rings. The molecule has 0 unspecified atom stereocenters. The average molecular weight is 567 g/mol. The molecule has 14 nitrogen and oxygen atoms in total. The zero-order valence-corrected chi connectivity index (χ0v) is 20.8. The number of benzene rings is 2. The fourth-order valence-corrected chi connectivity index (χ4v) is 5.11. The summed E-state index contributed by atoms with van der Waals surface area (Å²) in [7, 11) is -10.0. The molecule has 16 heteroatoms. The Bertz CT molecular complexity index is 2270. The Morgan fingerprint density at radius 1 is 0.846 bits per heavy atom. The molecule has 2 aliphatic carbocycles. The third-order valence-electron chi connectivity index (χ3n) is 5.52. The predicted octanol–water partition coefficient (Wildman–Crippen LogP) is -0.302. The molecule has 4 rings (SSSR count). The highest BCUT2D eigenvalue weighted by Crippen LogP contribution is 2.26. The Morgan fingerprint density at radius 3 is 1.95 bits per heavy atom. The van der Waals surface area contributed by atoms with Crippen LogP contribution in [-0.2, 0) is 20.2 Å². The van der Waals surface area contributed by atoms with Crippen molar-refractivity contribution in [2.75, 3.05) is 5.43 Å². The summed E-state index contributed by atoms with van der Waals surface area (Å²) in [5.74, 6) is 0. The van der Waals surface area contributed by atoms with E-state index in [4.69, 9.17) is 15.9 Å². The lowest BCUT2D eigenvalue weighted by molar-refractivity contribution is 0.480. The Morgan fingerprint density at radius 2 is 1.41 bits per heavy atom. The molecule has 0 saturated carbocycles. The summed E-state index contributed by atoms with van der Waals surface area (Å²) in [6.45, 7) is 0. The largest absolute Gasteiger partial charge is 0.318 e. The van der Waals surface area contributed by atoms with E-state index >= 15 is 0 Å². The average Bonchev–Trinajstić information content (AvgIpc) is 2.88. The molecule has 39 heavy (non-hydrogen) atoms. The summed E-state index contributed by atoms with van der Waals surface area (Å²) in [4.78, 5) is 28.9. The van der Waals surface area contributed by atoms with Gasteiger partial charge in [-0.2, -0.15) is 27.4 Å². The van der Waals surface area contributed by atoms with Crippen molar-refractivity contribution in [2.24, 2.45) is 4.99 Å². The van der Waals surface area contributed by atoms with Gasteiger partial charge in [0.1, 0.15) is 9.79 Å². The number of anilines is 1. The van der Waals surface area contributed by atoms with E-state index in [0.717, 1.165) is 12.1 Å². The lowest BCUT2D eigenvalue weighted by Gasteiger charge is -2.12. The topological polar surface area (TPSA) is 251 Å². The molecule has 0 radical (unpaired) electrons. The Kier molecular flexibility index (Phi) is 6.83. The van der Waals surface area contributed by atoms with Crippen molar-refractivity contribution >= 4 is 42.4 Å². The highest BCUT2D eigenvalue weighted by molar-refractivity contribution is 7.86. The summed E-state index contributed by atoms with van der Waals surface area (Å²) in [6.07, 6.45) is 0. The van der Waals surface area contributed by atoms with Crippen LogP contribution in [0.5, 0.6) is 0 Å². The third kappa shape index (κ3) is 5.01. The molecule has 0 fully saturated rings. The van der Waals surface area contributed by atoms with Gasteiger partial charge in [0.2, 0.25) is 0 Å². The van der Waals surface area contributed by atoms with E-state index < -0.39 is 68.1 Å². The van der Waals surface area contributed by atoms with Crippen molar-refractivity contribution in [3.8, 4) is 12.1 Å². The van der Waals surface area contributed by atoms with Crippen molar-refractivity contribution in [2.45, 2.75) is 15.8 Å². The highest BCUT2D eigenvalue weighted by Gasteiger charge is 2.20. The van der Waals surface area contributed by atoms with Gasteiger partial charge in [0.25, 0.3) is 20.2 Å². The lowest BCUT2D eigenvalue weighted by Crippen LogP contribution is -2.32. The van der Waals surface area contributed by atoms with Crippen LogP contribution >= 0.6 is 0 Å². The summed E-state index contributed by atoms with van der Waals surface area (Å²) < 4.78 is 67.4. The van der Waals surface area contributed by atoms with Crippen LogP contribution < -0.4 is 32.4 Å². The van der Waals surface area contributed by atoms with Crippen LogP contribution in [0.2, 0.25) is 0 Å². The minimum absolute atomic E-state index is 0.0424. The standard InChI is InChI=1S/C23H14N6O8S2/c24-9-12(10-25)28-29-15-6-5-11(7-17(15)38(32,33)34)27-16-8-18(39(35,36)37)21(26)20-19(16)22(30)13-3-1-2-4-14(13)23(20)31/h1-8,12,26,28-29H,(H,32,33,34)(H,35,36,37). The van der Waals surface area contributed by atoms with Gasteiger partial charge in [-0.15, -0.1) is 0 Å². The SMILES string of the molecule is N#CC(C#N)NNc1ccc(N=c2cc(S(=O)(=O)O)c(=N)c3c(=O)c4ccccc4c(=O)c2=3)cc1S(=O)(=O)O. The molecular weight excluding hydrogens is 552 g/mol. The molecule has 0 bridgehead atoms. The maximum absolute atomic E-state index is 13.3. The summed E-state index contributed by atoms with van der Waals surface area (Å²) in [6, 6.07) is 11.2. The molecule has 2 aromatic rings. The number of nitrogens with one attached hydrogen (secondary N) is 3. The van der Waals surface area contributed by atoms with Gasteiger partial charge in [0, 0.05) is 10.8 Å². The van der Waals surface area contributed by atoms with E-state index in [1.807, 2.05) is 0 Å². The van der Waals surface area contributed by atoms with Gasteiger partial charge in [0.05, 0.1) is 44.7 Å². The first-order chi connectivity index (χ1) is 18.3. The highest BCUT2D eigenvalue weighted by atomic mass is 32.2. The van der Waals surface area contributed by atoms with Crippen LogP contribution in [0.15, 0.2) is 72.9 Å². The molecule has 5 N–H and O–H groups in total. The second kappa shape index (κ2) is 9.80. The summed E-state index contributed by atoms with van der Waals surface area (Å²) in [5.41, 5.74) is 2.36. The molecule has 0 atom stereocenters. The van der Waals surface area contributed by atoms with Crippen molar-refractivity contribution in [3.05, 3.63) is 90.1 Å². The van der Waals surface area contributed by atoms with Gasteiger partial charge in [0.15, 0.2) is 16.9 Å². The minimum Gasteiger partial charge on any atom is -0.318 e. The normalized spacial score (nSPS) is 12.5. The molecule has 196 valence electrons. The lowest BCUT2D eigenvalue weighted by atomic mass is 10.0. The quantitative estimate of drug-likeness (QED) is 0.149. The first-order valence-corrected chi connectivity index (χ1v) is 13.4. The van der Waals surface area contributed by atoms with Crippen molar-refractivity contribution in [3.63, 3.8) is 0 Å². The van der Waals surface area contributed by atoms with Crippen molar-refractivity contribution < 1.29 is 25.9 Å². The zero-order chi connectivity index (χ0) is 28.7. The van der Waals surface area contributed by atoms with Crippen LogP contribution in [0, 0.1) is 38.5 Å². The molecular formula is C23H14N6O8S2. The zero-order valence-electron chi connectivity index (χ0n) is 19.2. The molecule has 0 aromatic heterocycles. The second-order valence-electron chi connectivity index (χ2n) is 7.93. The second-order valence-corrected chi connectivity index (χ2v) is 10.7. The van der Waals surface area contributed by atoms with Gasteiger partial charge in [-0.05, 0) is 24.3 Å². The van der Waals surface area contributed by atoms with Gasteiger partial charge >= 0.3 is 0 Å². The smallest absolute Gasteiger partial charge is 0.296 e. The molecule has 0 amide bonds. The number of rotatable bonds is 6. The fraction of sp³-hybridized carbons (Fsp3) is 0.0435. The number of nitrogens with zero attached hydrogens (tertiary/aromatic N) is 3. The first-order valence-electron chi connectivity index (χ1n) is 10.5. The first kappa shape index (κ1) is 27.2. The maximum atomic E-state index is 13.3. The molecule has 2 aromatic carbocycles. The van der Waals surface area contributed by atoms with Crippen LogP contribution in [0.1, 0.15) is 0 Å². The molecule has 0 heterocycles. The maximum Gasteiger partial charge on any atom is 0.296 e. The minimum atomic E-state index is -5.08. The Balaban J connectivity index is 2.13. The van der Waals surface area contributed by atoms with E-state index in [2.05, 4.69) is 15.8 Å². The number of hydrogen-bond donors (Lipinski definition) is 5. The van der Waals surface area contributed by atoms with Crippen LogP contribution in [-0.4, -0.2) is 32.0 Å². The van der Waals surface area contributed by atoms with Gasteiger partial charge in [-0.3, -0.25) is 24.1 Å². The predicted molar refractivity (Wildman–Crippen MR) is 133 cm³/mol. The summed E-state index contributed by atoms with van der Waals surface area (Å²) >= 11 is 0. The number of fused-ring (bicyclic) bond motifs is 1. The van der Waals surface area contributed by atoms with Crippen LogP contribution in [0.4, 0.5) is 11.4 Å². The van der Waals surface area contributed by atoms with Crippen LogP contribution in [0.25, 0.3) is 10.8 Å². The van der Waals surface area contributed by atoms with Crippen molar-refractivity contribution in [1.29, 1.82) is 15.9 Å². The van der Waals surface area contributed by atoms with E-state index in [9.17, 15) is 35.5 Å². The Labute approximate surface area is 218 Å². The van der Waals surface area contributed by atoms with E-state index in [1.54, 1.807) is 12.1 Å². The number of nitriles is 2. The van der Waals surface area contributed by atoms with Crippen LogP contribution in [0.3, 0.4) is 0 Å². The molecule has 0 aliphatic heterocycles. The van der Waals surface area contributed by atoms with Crippen molar-refractivity contribution in [1.82, 2.24) is 5.43 Å². The molecule has 0 spiro atoms. The van der Waals surface area contributed by atoms with E-state index in [1.165, 1.54) is 30.3 Å². The molecule has 0 saturated heterocycles. The number of hydrogen-bond acceptors (Lipinski definition) is 12. The van der Waals surface area contributed by atoms with E-state index in [0.29, 0.717) is 6.07 Å². The Hall–Kier alpha value is -4.84. The van der Waals surface area contributed by atoms with Gasteiger partial charge in [-0.25, -0.2) is 10.4 Å². The third-order valence-corrected chi connectivity index (χ3v) is 7.29. The number of hydrazine groups is 1.